The molecule has 5 heteroatoms. The van der Waals surface area contributed by atoms with Gasteiger partial charge in [0.1, 0.15) is 0 Å². The molecule has 0 atom stereocenters. The molecule has 4 N–H and O–H groups in total. The monoisotopic (exact) mass is 210 g/mol. The number of nitrogens with two attached hydrogens (primary N) is 2. The van der Waals surface area contributed by atoms with E-state index in [0.29, 0.717) is 17.3 Å². The van der Waals surface area contributed by atoms with Crippen LogP contribution in [0.25, 0.3) is 0 Å². The zero-order valence-electron chi connectivity index (χ0n) is 9.45. The number of methoxy groups -OCH3 is 1. The summed E-state index contributed by atoms with van der Waals surface area (Å²) in [6.45, 7) is 0.879. The Morgan fingerprint density at radius 2 is 2.07 bits per heavy atom. The summed E-state index contributed by atoms with van der Waals surface area (Å²) in [4.78, 5) is 6.34. The van der Waals surface area contributed by atoms with Gasteiger partial charge in [0.25, 0.3) is 0 Å². The predicted molar refractivity (Wildman–Crippen MR) is 61.9 cm³/mol. The number of pyridine rings is 1. The topological polar surface area (TPSA) is 77.4 Å². The van der Waals surface area contributed by atoms with Gasteiger partial charge in [-0.3, -0.25) is 0 Å². The fraction of sp³-hybridized carbons (Fsp3) is 0.500. The van der Waals surface area contributed by atoms with E-state index in [1.54, 1.807) is 13.2 Å². The molecule has 0 saturated carbocycles. The van der Waals surface area contributed by atoms with Gasteiger partial charge in [-0.1, -0.05) is 0 Å². The molecular weight excluding hydrogens is 192 g/mol. The lowest BCUT2D eigenvalue weighted by Gasteiger charge is -2.12. The lowest BCUT2D eigenvalue weighted by Crippen LogP contribution is -2.17. The second kappa shape index (κ2) is 4.84. The Hall–Kier alpha value is -1.49. The van der Waals surface area contributed by atoms with Crippen LogP contribution in [0.5, 0.6) is 5.88 Å². The number of hydrogen-bond donors (Lipinski definition) is 2. The first kappa shape index (κ1) is 11.6. The first-order valence-electron chi connectivity index (χ1n) is 4.78. The maximum atomic E-state index is 5.83. The normalized spacial score (nSPS) is 10.7. The second-order valence-electron chi connectivity index (χ2n) is 3.67. The quantitative estimate of drug-likeness (QED) is 0.750. The average Bonchev–Trinajstić information content (AvgIpc) is 2.19. The zero-order chi connectivity index (χ0) is 11.4. The molecule has 1 aromatic heterocycles. The van der Waals surface area contributed by atoms with E-state index in [0.717, 1.165) is 18.7 Å². The molecule has 0 saturated heterocycles. The molecule has 0 aliphatic rings. The molecule has 84 valence electrons. The van der Waals surface area contributed by atoms with Gasteiger partial charge in [0.2, 0.25) is 5.88 Å². The summed E-state index contributed by atoms with van der Waals surface area (Å²) in [5.41, 5.74) is 13.4. The third-order valence-corrected chi connectivity index (χ3v) is 2.15. The molecule has 0 unspecified atom stereocenters. The second-order valence-corrected chi connectivity index (χ2v) is 3.67. The van der Waals surface area contributed by atoms with E-state index in [4.69, 9.17) is 16.2 Å². The molecule has 0 fully saturated rings. The van der Waals surface area contributed by atoms with Gasteiger partial charge >= 0.3 is 0 Å². The van der Waals surface area contributed by atoms with E-state index in [1.165, 1.54) is 0 Å². The van der Waals surface area contributed by atoms with Gasteiger partial charge in [-0.15, -0.1) is 0 Å². The van der Waals surface area contributed by atoms with Crippen molar-refractivity contribution < 1.29 is 4.74 Å². The van der Waals surface area contributed by atoms with Crippen LogP contribution in [0.4, 0.5) is 11.4 Å². The van der Waals surface area contributed by atoms with Crippen molar-refractivity contribution in [3.05, 3.63) is 11.8 Å². The number of rotatable bonds is 4. The average molecular weight is 210 g/mol. The van der Waals surface area contributed by atoms with Gasteiger partial charge in [-0.05, 0) is 14.1 Å². The number of nitrogen functional groups attached to an aromatic ring is 2. The smallest absolute Gasteiger partial charge is 0.215 e. The highest BCUT2D eigenvalue weighted by atomic mass is 16.5. The van der Waals surface area contributed by atoms with Crippen LogP contribution in [0.2, 0.25) is 0 Å². The molecule has 1 aromatic rings. The molecule has 0 aliphatic heterocycles. The largest absolute Gasteiger partial charge is 0.481 e. The van der Waals surface area contributed by atoms with Gasteiger partial charge in [-0.25, -0.2) is 4.98 Å². The van der Waals surface area contributed by atoms with Crippen LogP contribution in [0.1, 0.15) is 5.69 Å². The number of aromatic nitrogens is 1. The van der Waals surface area contributed by atoms with E-state index in [-0.39, 0.29) is 0 Å². The Bertz CT molecular complexity index is 338. The van der Waals surface area contributed by atoms with E-state index in [1.807, 2.05) is 14.1 Å². The number of anilines is 2. The third-order valence-electron chi connectivity index (χ3n) is 2.15. The highest BCUT2D eigenvalue weighted by molar-refractivity contribution is 5.66. The van der Waals surface area contributed by atoms with Gasteiger partial charge in [0.05, 0.1) is 24.2 Å². The molecule has 1 rings (SSSR count). The maximum Gasteiger partial charge on any atom is 0.215 e. The molecule has 0 radical (unpaired) electrons. The van der Waals surface area contributed by atoms with Crippen molar-refractivity contribution in [1.82, 2.24) is 9.88 Å². The molecule has 1 heterocycles. The van der Waals surface area contributed by atoms with Crippen LogP contribution >= 0.6 is 0 Å². The minimum atomic E-state index is 0.510. The van der Waals surface area contributed by atoms with Crippen LogP contribution in [0.3, 0.4) is 0 Å². The molecular formula is C10H18N4O. The predicted octanol–water partition coefficient (Wildman–Crippen LogP) is 0.359. The maximum absolute atomic E-state index is 5.83. The van der Waals surface area contributed by atoms with Crippen LogP contribution in [0.15, 0.2) is 6.07 Å². The number of hydrogen-bond acceptors (Lipinski definition) is 5. The first-order chi connectivity index (χ1) is 7.04. The number of nitrogens with zero attached hydrogens (tertiary/aromatic N) is 2. The van der Waals surface area contributed by atoms with Crippen molar-refractivity contribution in [3.63, 3.8) is 0 Å². The van der Waals surface area contributed by atoms with E-state index < -0.39 is 0 Å². The number of likely N-dealkylation sites (N-methyl/N-ethyl adjacent to an activating group) is 1. The van der Waals surface area contributed by atoms with Crippen molar-refractivity contribution in [2.75, 3.05) is 39.2 Å². The van der Waals surface area contributed by atoms with Crippen LogP contribution < -0.4 is 16.2 Å². The molecule has 0 spiro atoms. The molecule has 0 amide bonds. The van der Waals surface area contributed by atoms with Crippen LogP contribution in [-0.2, 0) is 6.42 Å². The summed E-state index contributed by atoms with van der Waals surface area (Å²) in [7, 11) is 5.56. The van der Waals surface area contributed by atoms with Gasteiger partial charge in [-0.2, -0.15) is 0 Å². The summed E-state index contributed by atoms with van der Waals surface area (Å²) >= 11 is 0. The Balaban J connectivity index is 2.90. The Morgan fingerprint density at radius 3 is 2.60 bits per heavy atom. The van der Waals surface area contributed by atoms with Crippen molar-refractivity contribution in [2.24, 2.45) is 0 Å². The van der Waals surface area contributed by atoms with Gasteiger partial charge in [0.15, 0.2) is 0 Å². The first-order valence-corrected chi connectivity index (χ1v) is 4.78. The lowest BCUT2D eigenvalue weighted by molar-refractivity contribution is 0.391. The van der Waals surface area contributed by atoms with Crippen molar-refractivity contribution in [2.45, 2.75) is 6.42 Å². The summed E-state index contributed by atoms with van der Waals surface area (Å²) in [6, 6.07) is 1.63. The Morgan fingerprint density at radius 1 is 1.40 bits per heavy atom. The lowest BCUT2D eigenvalue weighted by atomic mass is 10.2. The molecule has 0 bridgehead atoms. The molecule has 15 heavy (non-hydrogen) atoms. The summed E-state index contributed by atoms with van der Waals surface area (Å²) in [5, 5.41) is 0. The highest BCUT2D eigenvalue weighted by Gasteiger charge is 2.08. The summed E-state index contributed by atoms with van der Waals surface area (Å²) < 4.78 is 5.04. The fourth-order valence-corrected chi connectivity index (χ4v) is 1.23. The van der Waals surface area contributed by atoms with Crippen LogP contribution in [-0.4, -0.2) is 37.6 Å². The minimum absolute atomic E-state index is 0.510. The van der Waals surface area contributed by atoms with E-state index in [9.17, 15) is 0 Å². The third kappa shape index (κ3) is 2.99. The summed E-state index contributed by atoms with van der Waals surface area (Å²) in [6.07, 6.45) is 0.764. The minimum Gasteiger partial charge on any atom is -0.481 e. The molecule has 0 aliphatic carbocycles. The SMILES string of the molecule is COc1cc(N)c(N)c(CCN(C)C)n1. The van der Waals surface area contributed by atoms with Crippen molar-refractivity contribution in [3.8, 4) is 5.88 Å². The Kier molecular flexibility index (Phi) is 3.74. The standard InChI is InChI=1S/C10H18N4O/c1-14(2)5-4-8-10(12)7(11)6-9(13-8)15-3/h6H,4-5,12H2,1-3H3,(H2,11,13). The van der Waals surface area contributed by atoms with Gasteiger partial charge in [0, 0.05) is 19.0 Å². The summed E-state index contributed by atoms with van der Waals surface area (Å²) in [5.74, 6) is 0.510. The molecule has 5 nitrogen and oxygen atoms in total. The van der Waals surface area contributed by atoms with Crippen molar-refractivity contribution in [1.29, 1.82) is 0 Å². The van der Waals surface area contributed by atoms with Crippen molar-refractivity contribution >= 4 is 11.4 Å². The zero-order valence-corrected chi connectivity index (χ0v) is 9.45. The van der Waals surface area contributed by atoms with E-state index in [2.05, 4.69) is 9.88 Å². The number of ether oxygens (including phenoxy) is 1. The highest BCUT2D eigenvalue weighted by Crippen LogP contribution is 2.23. The van der Waals surface area contributed by atoms with Crippen LogP contribution in [0, 0.1) is 0 Å². The molecule has 0 aromatic carbocycles. The fourth-order valence-electron chi connectivity index (χ4n) is 1.23. The van der Waals surface area contributed by atoms with E-state index >= 15 is 0 Å². The van der Waals surface area contributed by atoms with Gasteiger partial charge < -0.3 is 21.1 Å². The Labute approximate surface area is 90.0 Å².